The van der Waals surface area contributed by atoms with Crippen LogP contribution in [0.5, 0.6) is 0 Å². The van der Waals surface area contributed by atoms with Crippen LogP contribution in [-0.4, -0.2) is 16.0 Å². The first-order valence-corrected chi connectivity index (χ1v) is 10.5. The number of benzene rings is 2. The van der Waals surface area contributed by atoms with E-state index in [-0.39, 0.29) is 21.8 Å². The molecule has 3 N–H and O–H groups in total. The number of thiophene rings is 1. The number of carbonyl (C=O) groups excluding carboxylic acids is 1. The molecule has 0 saturated heterocycles. The number of halogens is 2. The highest BCUT2D eigenvalue weighted by Crippen LogP contribution is 2.42. The number of anilines is 1. The molecule has 0 unspecified atom stereocenters. The van der Waals surface area contributed by atoms with Gasteiger partial charge >= 0.3 is 11.3 Å². The highest BCUT2D eigenvalue weighted by molar-refractivity contribution is 7.21. The number of nitrogens with one attached hydrogen (secondary N) is 1. The maximum absolute atomic E-state index is 14.8. The maximum atomic E-state index is 14.8. The molecule has 0 fully saturated rings. The molecular formula is C23H15F2N4O3S+. The van der Waals surface area contributed by atoms with Gasteiger partial charge in [-0.25, -0.2) is 18.6 Å². The van der Waals surface area contributed by atoms with Crippen LogP contribution in [0.1, 0.15) is 15.4 Å². The maximum Gasteiger partial charge on any atom is 0.438 e. The van der Waals surface area contributed by atoms with E-state index in [0.717, 1.165) is 33.7 Å². The van der Waals surface area contributed by atoms with Crippen molar-refractivity contribution in [2.75, 3.05) is 5.73 Å². The molecule has 0 spiro atoms. The van der Waals surface area contributed by atoms with Crippen LogP contribution in [0.2, 0.25) is 0 Å². The quantitative estimate of drug-likeness (QED) is 0.310. The Hall–Kier alpha value is -4.18. The number of aromatic nitrogens is 3. The summed E-state index contributed by atoms with van der Waals surface area (Å²) in [6.07, 6.45) is 0. The van der Waals surface area contributed by atoms with E-state index in [1.807, 2.05) is 30.3 Å². The summed E-state index contributed by atoms with van der Waals surface area (Å²) in [6.45, 7) is 0. The molecule has 0 bridgehead atoms. The zero-order chi connectivity index (χ0) is 23.3. The van der Waals surface area contributed by atoms with Crippen molar-refractivity contribution in [1.82, 2.24) is 10.3 Å². The fraction of sp³-hybridized carbons (Fsp3) is 0.0435. The van der Waals surface area contributed by atoms with Crippen molar-refractivity contribution in [3.05, 3.63) is 87.2 Å². The minimum absolute atomic E-state index is 0.0476. The van der Waals surface area contributed by atoms with E-state index >= 15 is 0 Å². The van der Waals surface area contributed by atoms with Gasteiger partial charge in [0.2, 0.25) is 0 Å². The predicted octanol–water partition coefficient (Wildman–Crippen LogP) is 3.83. The number of nitrogen functional groups attached to an aromatic ring is 1. The number of pyridine rings is 1. The summed E-state index contributed by atoms with van der Waals surface area (Å²) in [6, 6.07) is 14.1. The van der Waals surface area contributed by atoms with Crippen LogP contribution in [0.3, 0.4) is 0 Å². The second kappa shape index (κ2) is 7.75. The Balaban J connectivity index is 1.82. The number of hydrogen-bond donors (Lipinski definition) is 2. The van der Waals surface area contributed by atoms with Crippen molar-refractivity contribution in [3.63, 3.8) is 0 Å². The zero-order valence-corrected chi connectivity index (χ0v) is 17.9. The normalized spacial score (nSPS) is 11.2. The number of nitrogens with zero attached hydrogens (tertiary/aromatic N) is 2. The third kappa shape index (κ3) is 3.40. The summed E-state index contributed by atoms with van der Waals surface area (Å²) in [5.74, 6) is -2.15. The van der Waals surface area contributed by atoms with Gasteiger partial charge in [0.05, 0.1) is 11.4 Å². The number of fused-ring (bicyclic) bond motifs is 1. The summed E-state index contributed by atoms with van der Waals surface area (Å²) in [4.78, 5) is 30.2. The highest BCUT2D eigenvalue weighted by Gasteiger charge is 2.32. The van der Waals surface area contributed by atoms with Gasteiger partial charge in [-0.2, -0.15) is 0 Å². The van der Waals surface area contributed by atoms with Crippen LogP contribution < -0.4 is 16.0 Å². The second-order valence-corrected chi connectivity index (χ2v) is 8.29. The fourth-order valence-electron chi connectivity index (χ4n) is 3.66. The molecule has 10 heteroatoms. The minimum atomic E-state index is -0.845. The molecule has 0 aliphatic heterocycles. The van der Waals surface area contributed by atoms with Crippen LogP contribution >= 0.6 is 11.3 Å². The zero-order valence-electron chi connectivity index (χ0n) is 17.1. The standard InChI is InChI=1S/C23H14F2N4O3S/c1-29-19(23(31)32-28-29)20(30)21-18(26)17-14(13-8-7-12(24)9-15(13)25)10-16(27-22(17)33-21)11-5-3-2-4-6-11/h2-10H,1H3,(H2-,26,28,30,31)/p+1. The molecule has 33 heavy (non-hydrogen) atoms. The first kappa shape index (κ1) is 20.7. The van der Waals surface area contributed by atoms with E-state index in [2.05, 4.69) is 14.8 Å². The topological polar surface area (TPSA) is 106 Å². The first-order valence-electron chi connectivity index (χ1n) is 9.71. The lowest BCUT2D eigenvalue weighted by Gasteiger charge is -2.10. The number of nitrogens with two attached hydrogens (primary N) is 1. The lowest BCUT2D eigenvalue weighted by molar-refractivity contribution is -0.741. The number of H-pyrrole nitrogens is 1. The van der Waals surface area contributed by atoms with Crippen molar-refractivity contribution < 1.29 is 22.8 Å². The molecule has 0 radical (unpaired) electrons. The number of aryl methyl sites for hydroxylation is 1. The molecule has 164 valence electrons. The van der Waals surface area contributed by atoms with Crippen LogP contribution in [-0.2, 0) is 7.05 Å². The van der Waals surface area contributed by atoms with Gasteiger partial charge in [-0.15, -0.1) is 11.3 Å². The molecule has 5 aromatic rings. The van der Waals surface area contributed by atoms with Gasteiger partial charge in [0.15, 0.2) is 7.05 Å². The van der Waals surface area contributed by atoms with E-state index in [1.165, 1.54) is 13.1 Å². The Labute approximate surface area is 188 Å². The Morgan fingerprint density at radius 2 is 1.88 bits per heavy atom. The minimum Gasteiger partial charge on any atom is -0.397 e. The van der Waals surface area contributed by atoms with Gasteiger partial charge in [0.1, 0.15) is 21.3 Å². The number of hydrogen-bond acceptors (Lipinski definition) is 6. The third-order valence-electron chi connectivity index (χ3n) is 5.22. The Morgan fingerprint density at radius 1 is 1.12 bits per heavy atom. The Kier molecular flexibility index (Phi) is 4.86. The van der Waals surface area contributed by atoms with E-state index in [9.17, 15) is 18.4 Å². The fourth-order valence-corrected chi connectivity index (χ4v) is 4.72. The van der Waals surface area contributed by atoms with Crippen molar-refractivity contribution >= 4 is 33.0 Å². The largest absolute Gasteiger partial charge is 0.438 e. The lowest BCUT2D eigenvalue weighted by Crippen LogP contribution is -2.39. The van der Waals surface area contributed by atoms with Gasteiger partial charge in [-0.3, -0.25) is 9.32 Å². The van der Waals surface area contributed by atoms with Gasteiger partial charge in [0.25, 0.3) is 5.78 Å². The summed E-state index contributed by atoms with van der Waals surface area (Å²) in [5.41, 5.74) is 7.06. The molecule has 3 heterocycles. The average molecular weight is 465 g/mol. The van der Waals surface area contributed by atoms with Crippen LogP contribution in [0.25, 0.3) is 32.6 Å². The molecule has 0 atom stereocenters. The Bertz CT molecular complexity index is 1610. The number of rotatable bonds is 4. The number of carbonyl (C=O) groups is 1. The van der Waals surface area contributed by atoms with Gasteiger partial charge in [-0.1, -0.05) is 35.0 Å². The first-order chi connectivity index (χ1) is 15.8. The SMILES string of the molecule is C[n+]1[nH]oc(=O)c1C(=O)c1sc2nc(-c3ccccc3)cc(-c3ccc(F)cc3F)c2c1N. The monoisotopic (exact) mass is 465 g/mol. The molecule has 0 saturated carbocycles. The highest BCUT2D eigenvalue weighted by atomic mass is 32.1. The molecule has 3 aromatic heterocycles. The second-order valence-electron chi connectivity index (χ2n) is 7.29. The molecule has 7 nitrogen and oxygen atoms in total. The molecular weight excluding hydrogens is 450 g/mol. The molecule has 0 aliphatic rings. The van der Waals surface area contributed by atoms with Crippen LogP contribution in [0, 0.1) is 11.6 Å². The van der Waals surface area contributed by atoms with Gasteiger partial charge in [0, 0.05) is 22.6 Å². The molecule has 0 aliphatic carbocycles. The lowest BCUT2D eigenvalue weighted by atomic mass is 9.98. The van der Waals surface area contributed by atoms with Crippen molar-refractivity contribution in [3.8, 4) is 22.4 Å². The number of aromatic amines is 1. The van der Waals surface area contributed by atoms with E-state index in [4.69, 9.17) is 5.73 Å². The predicted molar refractivity (Wildman–Crippen MR) is 119 cm³/mol. The van der Waals surface area contributed by atoms with Crippen LogP contribution in [0.15, 0.2) is 63.9 Å². The van der Waals surface area contributed by atoms with Gasteiger partial charge < -0.3 is 5.73 Å². The van der Waals surface area contributed by atoms with E-state index < -0.39 is 23.0 Å². The smallest absolute Gasteiger partial charge is 0.397 e. The molecule has 2 aromatic carbocycles. The Morgan fingerprint density at radius 3 is 2.55 bits per heavy atom. The van der Waals surface area contributed by atoms with E-state index in [1.54, 1.807) is 6.07 Å². The summed E-state index contributed by atoms with van der Waals surface area (Å²) >= 11 is 0.984. The van der Waals surface area contributed by atoms with Crippen molar-refractivity contribution in [2.24, 2.45) is 7.05 Å². The van der Waals surface area contributed by atoms with Gasteiger partial charge in [-0.05, 0) is 29.0 Å². The summed E-state index contributed by atoms with van der Waals surface area (Å²) < 4.78 is 34.2. The third-order valence-corrected chi connectivity index (χ3v) is 6.31. The van der Waals surface area contributed by atoms with Crippen molar-refractivity contribution in [2.45, 2.75) is 0 Å². The molecule has 0 amide bonds. The summed E-state index contributed by atoms with van der Waals surface area (Å²) in [5, 5.41) is 2.64. The molecule has 5 rings (SSSR count). The number of ketones is 1. The summed E-state index contributed by atoms with van der Waals surface area (Å²) in [7, 11) is 1.45. The van der Waals surface area contributed by atoms with Crippen molar-refractivity contribution in [1.29, 1.82) is 0 Å². The average Bonchev–Trinajstić information content (AvgIpc) is 3.32. The van der Waals surface area contributed by atoms with Crippen LogP contribution in [0.4, 0.5) is 14.5 Å². The van der Waals surface area contributed by atoms with E-state index in [0.29, 0.717) is 21.5 Å².